The Balaban J connectivity index is 1.37. The third-order valence-corrected chi connectivity index (χ3v) is 7.54. The van der Waals surface area contributed by atoms with E-state index in [1.54, 1.807) is 0 Å². The second-order valence-corrected chi connectivity index (χ2v) is 10.2. The van der Waals surface area contributed by atoms with Crippen LogP contribution in [0.15, 0.2) is 79.0 Å². The van der Waals surface area contributed by atoms with E-state index in [0.717, 1.165) is 22.9 Å². The molecule has 182 valence electrons. The first-order chi connectivity index (χ1) is 17.5. The van der Waals surface area contributed by atoms with Crippen molar-refractivity contribution in [3.8, 4) is 11.5 Å². The summed E-state index contributed by atoms with van der Waals surface area (Å²) >= 11 is 5.92. The van der Waals surface area contributed by atoms with Crippen molar-refractivity contribution in [2.24, 2.45) is 0 Å². The number of anilines is 1. The molecule has 1 aliphatic carbocycles. The zero-order valence-corrected chi connectivity index (χ0v) is 21.6. The van der Waals surface area contributed by atoms with Gasteiger partial charge in [-0.25, -0.2) is 0 Å². The monoisotopic (exact) mass is 494 g/mol. The Bertz CT molecular complexity index is 1390. The molecular weight excluding hydrogens is 464 g/mol. The molecule has 0 bridgehead atoms. The third kappa shape index (κ3) is 4.16. The van der Waals surface area contributed by atoms with Crippen molar-refractivity contribution in [2.45, 2.75) is 51.7 Å². The number of benzene rings is 2. The molecule has 0 radical (unpaired) electrons. The zero-order chi connectivity index (χ0) is 24.8. The number of aromatic nitrogens is 2. The Morgan fingerprint density at radius 1 is 0.917 bits per heavy atom. The topological polar surface area (TPSA) is 42.3 Å². The summed E-state index contributed by atoms with van der Waals surface area (Å²) in [4.78, 5) is 6.94. The fraction of sp³-hybridized carbons (Fsp3) is 0.267. The number of thiocarbonyl (C=S) groups is 1. The first kappa shape index (κ1) is 22.8. The van der Waals surface area contributed by atoms with Gasteiger partial charge in [-0.05, 0) is 106 Å². The number of ether oxygens (including phenoxy) is 1. The standard InChI is InChI=1S/C30H30N4OS/c1-19-7-13-24(14-8-19)35-25-15-11-23(12-16-25)34-29(26-18-20(2)33(21(26)3)22-9-10-22)28(32-30(34)36)27-6-4-5-17-31-27/h4-8,11-18,22,28-29H,9-10H2,1-3H3,(H,32,36)/t28-,29-/m0/s1. The Morgan fingerprint density at radius 3 is 2.25 bits per heavy atom. The highest BCUT2D eigenvalue weighted by molar-refractivity contribution is 7.80. The van der Waals surface area contributed by atoms with Gasteiger partial charge in [-0.15, -0.1) is 0 Å². The van der Waals surface area contributed by atoms with Gasteiger partial charge in [-0.1, -0.05) is 23.8 Å². The Kier molecular flexibility index (Phi) is 5.76. The van der Waals surface area contributed by atoms with Crippen molar-refractivity contribution in [3.63, 3.8) is 0 Å². The van der Waals surface area contributed by atoms with E-state index in [-0.39, 0.29) is 12.1 Å². The molecular formula is C30H30N4OS. The number of hydrogen-bond acceptors (Lipinski definition) is 3. The lowest BCUT2D eigenvalue weighted by atomic mass is 9.96. The van der Waals surface area contributed by atoms with Crippen LogP contribution in [0.4, 0.5) is 5.69 Å². The van der Waals surface area contributed by atoms with Gasteiger partial charge in [0.15, 0.2) is 5.11 Å². The van der Waals surface area contributed by atoms with Gasteiger partial charge in [0.25, 0.3) is 0 Å². The Morgan fingerprint density at radius 2 is 1.61 bits per heavy atom. The summed E-state index contributed by atoms with van der Waals surface area (Å²) in [5.41, 5.74) is 7.15. The first-order valence-electron chi connectivity index (χ1n) is 12.5. The number of pyridine rings is 1. The summed E-state index contributed by atoms with van der Waals surface area (Å²) in [7, 11) is 0. The second kappa shape index (κ2) is 9.10. The Hall–Kier alpha value is -3.64. The van der Waals surface area contributed by atoms with Gasteiger partial charge in [0.1, 0.15) is 11.5 Å². The van der Waals surface area contributed by atoms with E-state index in [9.17, 15) is 0 Å². The van der Waals surface area contributed by atoms with E-state index in [1.807, 2.05) is 42.6 Å². The summed E-state index contributed by atoms with van der Waals surface area (Å²) in [5, 5.41) is 4.29. The molecule has 1 aliphatic heterocycles. The minimum absolute atomic E-state index is 0.00466. The second-order valence-electron chi connectivity index (χ2n) is 9.83. The number of aryl methyl sites for hydroxylation is 2. The maximum Gasteiger partial charge on any atom is 0.174 e. The summed E-state index contributed by atoms with van der Waals surface area (Å²) < 4.78 is 8.57. The van der Waals surface area contributed by atoms with Crippen LogP contribution in [0.3, 0.4) is 0 Å². The van der Waals surface area contributed by atoms with Crippen molar-refractivity contribution < 1.29 is 4.74 Å². The Labute approximate surface area is 217 Å². The van der Waals surface area contributed by atoms with Gasteiger partial charge >= 0.3 is 0 Å². The maximum absolute atomic E-state index is 6.07. The van der Waals surface area contributed by atoms with Crippen LogP contribution in [-0.2, 0) is 0 Å². The van der Waals surface area contributed by atoms with Crippen molar-refractivity contribution in [1.29, 1.82) is 0 Å². The number of hydrogen-bond donors (Lipinski definition) is 1. The van der Waals surface area contributed by atoms with Gasteiger partial charge in [0.05, 0.1) is 17.8 Å². The molecule has 2 atom stereocenters. The van der Waals surface area contributed by atoms with Crippen molar-refractivity contribution in [3.05, 3.63) is 107 Å². The van der Waals surface area contributed by atoms with Crippen LogP contribution in [0, 0.1) is 20.8 Å². The van der Waals surface area contributed by atoms with Crippen LogP contribution >= 0.6 is 12.2 Å². The van der Waals surface area contributed by atoms with Crippen LogP contribution in [0.1, 0.15) is 59.2 Å². The molecule has 5 nitrogen and oxygen atoms in total. The summed E-state index contributed by atoms with van der Waals surface area (Å²) in [6, 6.07) is 25.3. The fourth-order valence-electron chi connectivity index (χ4n) is 5.36. The molecule has 0 unspecified atom stereocenters. The molecule has 0 amide bonds. The van der Waals surface area contributed by atoms with E-state index < -0.39 is 0 Å². The van der Waals surface area contributed by atoms with E-state index >= 15 is 0 Å². The smallest absolute Gasteiger partial charge is 0.174 e. The summed E-state index contributed by atoms with van der Waals surface area (Å²) in [6.07, 6.45) is 4.37. The number of rotatable bonds is 6. The van der Waals surface area contributed by atoms with Crippen molar-refractivity contribution in [2.75, 3.05) is 4.90 Å². The van der Waals surface area contributed by atoms with Crippen LogP contribution in [-0.4, -0.2) is 14.7 Å². The average Bonchev–Trinajstić information content (AvgIpc) is 3.60. The van der Waals surface area contributed by atoms with Crippen LogP contribution < -0.4 is 15.0 Å². The van der Waals surface area contributed by atoms with Gasteiger partial charge in [-0.2, -0.15) is 0 Å². The summed E-state index contributed by atoms with van der Waals surface area (Å²) in [6.45, 7) is 6.53. The van der Waals surface area contributed by atoms with E-state index in [4.69, 9.17) is 21.9 Å². The molecule has 2 aromatic carbocycles. The molecule has 1 saturated heterocycles. The molecule has 3 heterocycles. The SMILES string of the molecule is Cc1ccc(Oc2ccc(N3C(=S)N[C@@H](c4ccccn4)[C@@H]3c3cc(C)n(C4CC4)c3C)cc2)cc1. The van der Waals surface area contributed by atoms with Crippen molar-refractivity contribution >= 4 is 23.0 Å². The normalized spacial score (nSPS) is 19.4. The molecule has 6 rings (SSSR count). The largest absolute Gasteiger partial charge is 0.457 e. The van der Waals surface area contributed by atoms with Gasteiger partial charge in [-0.3, -0.25) is 4.98 Å². The molecule has 2 aromatic heterocycles. The fourth-order valence-corrected chi connectivity index (χ4v) is 5.71. The third-order valence-electron chi connectivity index (χ3n) is 7.22. The number of nitrogens with zero attached hydrogens (tertiary/aromatic N) is 3. The predicted octanol–water partition coefficient (Wildman–Crippen LogP) is 7.11. The minimum atomic E-state index is -0.0460. The molecule has 0 spiro atoms. The lowest BCUT2D eigenvalue weighted by Gasteiger charge is -2.28. The molecule has 2 aliphatic rings. The van der Waals surface area contributed by atoms with E-state index in [0.29, 0.717) is 11.2 Å². The lowest BCUT2D eigenvalue weighted by Crippen LogP contribution is -2.29. The molecule has 6 heteroatoms. The minimum Gasteiger partial charge on any atom is -0.457 e. The predicted molar refractivity (Wildman–Crippen MR) is 148 cm³/mol. The summed E-state index contributed by atoms with van der Waals surface area (Å²) in [5.74, 6) is 1.62. The molecule has 4 aromatic rings. The maximum atomic E-state index is 6.07. The highest BCUT2D eigenvalue weighted by Gasteiger charge is 2.43. The molecule has 2 fully saturated rings. The van der Waals surface area contributed by atoms with Gasteiger partial charge in [0.2, 0.25) is 0 Å². The highest BCUT2D eigenvalue weighted by atomic mass is 32.1. The quantitative estimate of drug-likeness (QED) is 0.289. The molecule has 1 saturated carbocycles. The van der Waals surface area contributed by atoms with E-state index in [2.05, 4.69) is 72.0 Å². The lowest BCUT2D eigenvalue weighted by molar-refractivity contribution is 0.482. The highest BCUT2D eigenvalue weighted by Crippen LogP contribution is 2.46. The first-order valence-corrected chi connectivity index (χ1v) is 12.9. The average molecular weight is 495 g/mol. The van der Waals surface area contributed by atoms with Crippen LogP contribution in [0.5, 0.6) is 11.5 Å². The molecule has 1 N–H and O–H groups in total. The van der Waals surface area contributed by atoms with Crippen molar-refractivity contribution in [1.82, 2.24) is 14.9 Å². The number of nitrogens with one attached hydrogen (secondary N) is 1. The van der Waals surface area contributed by atoms with Crippen LogP contribution in [0.25, 0.3) is 0 Å². The van der Waals surface area contributed by atoms with E-state index in [1.165, 1.54) is 35.4 Å². The van der Waals surface area contributed by atoms with Gasteiger partial charge in [0, 0.05) is 29.3 Å². The zero-order valence-electron chi connectivity index (χ0n) is 20.8. The van der Waals surface area contributed by atoms with Crippen LogP contribution in [0.2, 0.25) is 0 Å². The molecule has 36 heavy (non-hydrogen) atoms. The van der Waals surface area contributed by atoms with Gasteiger partial charge < -0.3 is 19.5 Å².